The van der Waals surface area contributed by atoms with Crippen molar-refractivity contribution in [1.82, 2.24) is 0 Å². The zero-order valence-corrected chi connectivity index (χ0v) is 9.19. The Kier molecular flexibility index (Phi) is 1.66. The van der Waals surface area contributed by atoms with Gasteiger partial charge in [0.15, 0.2) is 11.5 Å². The third-order valence-corrected chi connectivity index (χ3v) is 3.28. The second kappa shape index (κ2) is 3.17. The van der Waals surface area contributed by atoms with Gasteiger partial charge in [-0.15, -0.1) is 0 Å². The minimum Gasteiger partial charge on any atom is -0.454 e. The van der Waals surface area contributed by atoms with Crippen LogP contribution in [0.5, 0.6) is 11.5 Å². The summed E-state index contributed by atoms with van der Waals surface area (Å²) in [5.41, 5.74) is 4.91. The van der Waals surface area contributed by atoms with E-state index in [1.165, 1.54) is 22.4 Å². The molecule has 0 spiro atoms. The molecule has 0 aliphatic carbocycles. The number of hydrogen-bond acceptors (Lipinski definition) is 3. The molecule has 0 saturated carbocycles. The normalized spacial score (nSPS) is 14.8. The van der Waals surface area contributed by atoms with Crippen molar-refractivity contribution >= 4 is 5.69 Å². The summed E-state index contributed by atoms with van der Waals surface area (Å²) in [6, 6.07) is 12.5. The van der Waals surface area contributed by atoms with Crippen LogP contribution in [0.1, 0.15) is 5.56 Å². The summed E-state index contributed by atoms with van der Waals surface area (Å²) >= 11 is 0. The van der Waals surface area contributed by atoms with Crippen LogP contribution in [0.15, 0.2) is 36.4 Å². The van der Waals surface area contributed by atoms with Crippen molar-refractivity contribution in [2.24, 2.45) is 0 Å². The largest absolute Gasteiger partial charge is 0.454 e. The number of para-hydroxylation sites is 1. The van der Waals surface area contributed by atoms with Gasteiger partial charge >= 0.3 is 0 Å². The molecule has 0 fully saturated rings. The lowest BCUT2D eigenvalue weighted by atomic mass is 9.94. The van der Waals surface area contributed by atoms with Gasteiger partial charge in [0.25, 0.3) is 0 Å². The molecule has 0 bridgehead atoms. The van der Waals surface area contributed by atoms with Crippen LogP contribution in [0, 0.1) is 0 Å². The second-order valence-corrected chi connectivity index (χ2v) is 4.26. The first kappa shape index (κ1) is 8.93. The van der Waals surface area contributed by atoms with E-state index >= 15 is 0 Å². The summed E-state index contributed by atoms with van der Waals surface area (Å²) in [6.45, 7) is 1.16. The van der Waals surface area contributed by atoms with Gasteiger partial charge in [0.2, 0.25) is 6.79 Å². The fourth-order valence-electron chi connectivity index (χ4n) is 2.44. The standard InChI is InChI=1S/C14H11NO2/c1-2-4-12-10(3-1)11-6-14-13(16-8-17-14)5-9(11)7-15-12/h1-6,15H,7-8H2. The van der Waals surface area contributed by atoms with E-state index in [4.69, 9.17) is 9.47 Å². The van der Waals surface area contributed by atoms with Crippen LogP contribution >= 0.6 is 0 Å². The Labute approximate surface area is 99.0 Å². The van der Waals surface area contributed by atoms with Crippen LogP contribution in [-0.2, 0) is 6.54 Å². The molecule has 2 aliphatic rings. The van der Waals surface area contributed by atoms with Gasteiger partial charge in [-0.25, -0.2) is 0 Å². The molecule has 2 aromatic carbocycles. The van der Waals surface area contributed by atoms with Gasteiger partial charge in [-0.1, -0.05) is 18.2 Å². The van der Waals surface area contributed by atoms with Gasteiger partial charge < -0.3 is 14.8 Å². The topological polar surface area (TPSA) is 30.5 Å². The summed E-state index contributed by atoms with van der Waals surface area (Å²) in [7, 11) is 0. The maximum atomic E-state index is 5.44. The summed E-state index contributed by atoms with van der Waals surface area (Å²) < 4.78 is 10.8. The zero-order chi connectivity index (χ0) is 11.2. The number of anilines is 1. The van der Waals surface area contributed by atoms with Crippen molar-refractivity contribution in [2.45, 2.75) is 6.54 Å². The van der Waals surface area contributed by atoms with Crippen LogP contribution in [-0.4, -0.2) is 6.79 Å². The summed E-state index contributed by atoms with van der Waals surface area (Å²) in [4.78, 5) is 0. The fourth-order valence-corrected chi connectivity index (χ4v) is 2.44. The summed E-state index contributed by atoms with van der Waals surface area (Å²) in [5.74, 6) is 1.70. The third-order valence-electron chi connectivity index (χ3n) is 3.28. The van der Waals surface area contributed by atoms with Crippen LogP contribution in [0.25, 0.3) is 11.1 Å². The molecule has 0 saturated heterocycles. The number of nitrogens with one attached hydrogen (secondary N) is 1. The summed E-state index contributed by atoms with van der Waals surface area (Å²) in [5, 5.41) is 3.41. The van der Waals surface area contributed by atoms with Gasteiger partial charge in [-0.05, 0) is 29.3 Å². The SMILES string of the molecule is c1ccc2c(c1)NCc1cc3c(cc1-2)OCO3. The Morgan fingerprint density at radius 2 is 1.76 bits per heavy atom. The van der Waals surface area contributed by atoms with E-state index < -0.39 is 0 Å². The van der Waals surface area contributed by atoms with E-state index in [2.05, 4.69) is 35.6 Å². The van der Waals surface area contributed by atoms with Crippen LogP contribution in [0.2, 0.25) is 0 Å². The Balaban J connectivity index is 1.98. The number of ether oxygens (including phenoxy) is 2. The molecule has 0 unspecified atom stereocenters. The van der Waals surface area contributed by atoms with E-state index in [9.17, 15) is 0 Å². The molecule has 3 nitrogen and oxygen atoms in total. The number of hydrogen-bond donors (Lipinski definition) is 1. The highest BCUT2D eigenvalue weighted by atomic mass is 16.7. The third kappa shape index (κ3) is 1.22. The predicted octanol–water partition coefficient (Wildman–Crippen LogP) is 3.01. The lowest BCUT2D eigenvalue weighted by molar-refractivity contribution is 0.174. The smallest absolute Gasteiger partial charge is 0.231 e. The first-order chi connectivity index (χ1) is 8.42. The molecule has 0 aromatic heterocycles. The van der Waals surface area contributed by atoms with Crippen LogP contribution < -0.4 is 14.8 Å². The Hall–Kier alpha value is -2.16. The van der Waals surface area contributed by atoms with Crippen molar-refractivity contribution in [3.8, 4) is 22.6 Å². The Morgan fingerprint density at radius 1 is 0.941 bits per heavy atom. The highest BCUT2D eigenvalue weighted by Crippen LogP contribution is 2.42. The molecular weight excluding hydrogens is 214 g/mol. The van der Waals surface area contributed by atoms with Gasteiger partial charge in [0, 0.05) is 17.8 Å². The number of fused-ring (bicyclic) bond motifs is 4. The number of rotatable bonds is 0. The van der Waals surface area contributed by atoms with Crippen molar-refractivity contribution in [2.75, 3.05) is 12.1 Å². The first-order valence-corrected chi connectivity index (χ1v) is 5.67. The van der Waals surface area contributed by atoms with Gasteiger partial charge in [-0.2, -0.15) is 0 Å². The van der Waals surface area contributed by atoms with Gasteiger partial charge in [0.05, 0.1) is 0 Å². The molecule has 2 heterocycles. The van der Waals surface area contributed by atoms with E-state index in [-0.39, 0.29) is 0 Å². The van der Waals surface area contributed by atoms with E-state index in [1.807, 2.05) is 6.07 Å². The van der Waals surface area contributed by atoms with Crippen molar-refractivity contribution in [3.05, 3.63) is 42.0 Å². The quantitative estimate of drug-likeness (QED) is 0.747. The minimum absolute atomic E-state index is 0.327. The fraction of sp³-hybridized carbons (Fsp3) is 0.143. The van der Waals surface area contributed by atoms with Crippen molar-refractivity contribution in [1.29, 1.82) is 0 Å². The maximum absolute atomic E-state index is 5.44. The van der Waals surface area contributed by atoms with E-state index in [1.54, 1.807) is 0 Å². The summed E-state index contributed by atoms with van der Waals surface area (Å²) in [6.07, 6.45) is 0. The highest BCUT2D eigenvalue weighted by Gasteiger charge is 2.21. The molecule has 3 heteroatoms. The van der Waals surface area contributed by atoms with Crippen molar-refractivity contribution < 1.29 is 9.47 Å². The van der Waals surface area contributed by atoms with Gasteiger partial charge in [-0.3, -0.25) is 0 Å². The molecule has 4 rings (SSSR count). The molecule has 2 aliphatic heterocycles. The highest BCUT2D eigenvalue weighted by molar-refractivity contribution is 5.84. The average Bonchev–Trinajstić information content (AvgIpc) is 2.83. The molecule has 2 aromatic rings. The Morgan fingerprint density at radius 3 is 2.71 bits per heavy atom. The average molecular weight is 225 g/mol. The molecule has 0 amide bonds. The molecular formula is C14H11NO2. The Bertz CT molecular complexity index is 607. The number of benzene rings is 2. The minimum atomic E-state index is 0.327. The van der Waals surface area contributed by atoms with Crippen molar-refractivity contribution in [3.63, 3.8) is 0 Å². The predicted molar refractivity (Wildman–Crippen MR) is 65.3 cm³/mol. The van der Waals surface area contributed by atoms with E-state index in [0.29, 0.717) is 6.79 Å². The first-order valence-electron chi connectivity index (χ1n) is 5.67. The molecule has 1 N–H and O–H groups in total. The zero-order valence-electron chi connectivity index (χ0n) is 9.19. The molecule has 0 atom stereocenters. The lowest BCUT2D eigenvalue weighted by Crippen LogP contribution is -2.08. The van der Waals surface area contributed by atoms with E-state index in [0.717, 1.165) is 18.0 Å². The van der Waals surface area contributed by atoms with Gasteiger partial charge in [0.1, 0.15) is 0 Å². The van der Waals surface area contributed by atoms with Crippen LogP contribution in [0.4, 0.5) is 5.69 Å². The molecule has 0 radical (unpaired) electrons. The molecule has 17 heavy (non-hydrogen) atoms. The monoisotopic (exact) mass is 225 g/mol. The van der Waals surface area contributed by atoms with Crippen LogP contribution in [0.3, 0.4) is 0 Å². The molecule has 84 valence electrons. The maximum Gasteiger partial charge on any atom is 0.231 e. The second-order valence-electron chi connectivity index (χ2n) is 4.26. The lowest BCUT2D eigenvalue weighted by Gasteiger charge is -2.21.